The average molecular weight is 169 g/mol. The standard InChI is InChI=1S/C11H7NO/c1-3-11-8-10(6-7-12-11)5-4-9(2)13/h1,6-8H,2H3. The molecular formula is C11H7NO. The molecule has 0 unspecified atom stereocenters. The van der Waals surface area contributed by atoms with Gasteiger partial charge in [0.25, 0.3) is 0 Å². The van der Waals surface area contributed by atoms with E-state index in [0.717, 1.165) is 0 Å². The Morgan fingerprint density at radius 3 is 3.00 bits per heavy atom. The van der Waals surface area contributed by atoms with Crippen molar-refractivity contribution >= 4 is 5.78 Å². The van der Waals surface area contributed by atoms with Gasteiger partial charge in [-0.1, -0.05) is 11.8 Å². The summed E-state index contributed by atoms with van der Waals surface area (Å²) in [5.41, 5.74) is 1.23. The van der Waals surface area contributed by atoms with Gasteiger partial charge in [0.15, 0.2) is 0 Å². The third kappa shape index (κ3) is 2.81. The fourth-order valence-corrected chi connectivity index (χ4v) is 0.747. The summed E-state index contributed by atoms with van der Waals surface area (Å²) < 4.78 is 0. The van der Waals surface area contributed by atoms with Crippen molar-refractivity contribution in [1.29, 1.82) is 0 Å². The van der Waals surface area contributed by atoms with Crippen molar-refractivity contribution in [1.82, 2.24) is 4.98 Å². The van der Waals surface area contributed by atoms with E-state index in [2.05, 4.69) is 22.7 Å². The van der Waals surface area contributed by atoms with Gasteiger partial charge in [-0.2, -0.15) is 0 Å². The Bertz CT molecular complexity index is 429. The van der Waals surface area contributed by atoms with Gasteiger partial charge in [-0.15, -0.1) is 6.42 Å². The van der Waals surface area contributed by atoms with Crippen molar-refractivity contribution in [2.75, 3.05) is 0 Å². The Morgan fingerprint density at radius 2 is 2.38 bits per heavy atom. The molecule has 1 aromatic heterocycles. The molecule has 0 fully saturated rings. The molecule has 13 heavy (non-hydrogen) atoms. The van der Waals surface area contributed by atoms with Crippen LogP contribution >= 0.6 is 0 Å². The highest BCUT2D eigenvalue weighted by atomic mass is 16.1. The molecule has 0 atom stereocenters. The van der Waals surface area contributed by atoms with Crippen molar-refractivity contribution in [2.24, 2.45) is 0 Å². The summed E-state index contributed by atoms with van der Waals surface area (Å²) in [4.78, 5) is 14.4. The molecule has 0 N–H and O–H groups in total. The minimum absolute atomic E-state index is 0.168. The van der Waals surface area contributed by atoms with Crippen molar-refractivity contribution in [3.05, 3.63) is 29.6 Å². The van der Waals surface area contributed by atoms with Gasteiger partial charge in [0.05, 0.1) is 0 Å². The van der Waals surface area contributed by atoms with E-state index in [1.54, 1.807) is 18.3 Å². The maximum absolute atomic E-state index is 10.5. The van der Waals surface area contributed by atoms with Crippen molar-refractivity contribution in [3.8, 4) is 24.2 Å². The first-order valence-electron chi connectivity index (χ1n) is 3.67. The molecule has 2 nitrogen and oxygen atoms in total. The molecule has 0 spiro atoms. The molecule has 2 heteroatoms. The third-order valence-electron chi connectivity index (χ3n) is 1.29. The predicted molar refractivity (Wildman–Crippen MR) is 49.7 cm³/mol. The van der Waals surface area contributed by atoms with Crippen LogP contribution in [0.3, 0.4) is 0 Å². The maximum atomic E-state index is 10.5. The summed E-state index contributed by atoms with van der Waals surface area (Å²) in [6, 6.07) is 3.37. The molecule has 1 aromatic rings. The second-order valence-electron chi connectivity index (χ2n) is 2.38. The zero-order valence-corrected chi connectivity index (χ0v) is 7.16. The summed E-state index contributed by atoms with van der Waals surface area (Å²) in [5.74, 6) is 7.34. The number of Topliss-reactive ketones (excluding diaryl/α,β-unsaturated/α-hetero) is 1. The SMILES string of the molecule is C#Cc1cc(C#CC(C)=O)ccn1. The summed E-state index contributed by atoms with van der Waals surface area (Å²) >= 11 is 0. The van der Waals surface area contributed by atoms with Crippen LogP contribution in [0.5, 0.6) is 0 Å². The Morgan fingerprint density at radius 1 is 1.62 bits per heavy atom. The summed E-state index contributed by atoms with van der Waals surface area (Å²) in [5, 5.41) is 0. The lowest BCUT2D eigenvalue weighted by molar-refractivity contribution is -0.111. The van der Waals surface area contributed by atoms with Gasteiger partial charge in [0, 0.05) is 18.7 Å². The number of pyridine rings is 1. The maximum Gasteiger partial charge on any atom is 0.202 e. The molecule has 0 saturated carbocycles. The van der Waals surface area contributed by atoms with E-state index in [-0.39, 0.29) is 5.78 Å². The first-order valence-corrected chi connectivity index (χ1v) is 3.67. The number of rotatable bonds is 0. The highest BCUT2D eigenvalue weighted by Crippen LogP contribution is 1.97. The summed E-state index contributed by atoms with van der Waals surface area (Å²) in [6.45, 7) is 1.41. The largest absolute Gasteiger partial charge is 0.285 e. The molecule has 0 aromatic carbocycles. The molecule has 0 saturated heterocycles. The highest BCUT2D eigenvalue weighted by molar-refractivity contribution is 5.93. The second-order valence-corrected chi connectivity index (χ2v) is 2.38. The summed E-state index contributed by atoms with van der Waals surface area (Å²) in [6.07, 6.45) is 6.72. The van der Waals surface area contributed by atoms with Gasteiger partial charge in [-0.05, 0) is 18.1 Å². The van der Waals surface area contributed by atoms with Gasteiger partial charge in [0.1, 0.15) is 5.69 Å². The number of carbonyl (C=O) groups excluding carboxylic acids is 1. The van der Waals surface area contributed by atoms with Crippen LogP contribution in [0.25, 0.3) is 0 Å². The number of nitrogens with zero attached hydrogens (tertiary/aromatic N) is 1. The topological polar surface area (TPSA) is 30.0 Å². The lowest BCUT2D eigenvalue weighted by atomic mass is 10.2. The van der Waals surface area contributed by atoms with Crippen LogP contribution in [0.2, 0.25) is 0 Å². The lowest BCUT2D eigenvalue weighted by Crippen LogP contribution is -1.85. The van der Waals surface area contributed by atoms with E-state index >= 15 is 0 Å². The van der Waals surface area contributed by atoms with E-state index < -0.39 is 0 Å². The molecule has 0 amide bonds. The number of aromatic nitrogens is 1. The van der Waals surface area contributed by atoms with Crippen molar-refractivity contribution < 1.29 is 4.79 Å². The van der Waals surface area contributed by atoms with E-state index in [1.165, 1.54) is 6.92 Å². The molecule has 0 bridgehead atoms. The number of hydrogen-bond donors (Lipinski definition) is 0. The Labute approximate surface area is 77.0 Å². The van der Waals surface area contributed by atoms with E-state index in [4.69, 9.17) is 6.42 Å². The van der Waals surface area contributed by atoms with Gasteiger partial charge < -0.3 is 0 Å². The van der Waals surface area contributed by atoms with Crippen LogP contribution < -0.4 is 0 Å². The van der Waals surface area contributed by atoms with Gasteiger partial charge in [-0.3, -0.25) is 4.79 Å². The first-order chi connectivity index (χ1) is 6.22. The Balaban J connectivity index is 3.00. The summed E-state index contributed by atoms with van der Waals surface area (Å²) in [7, 11) is 0. The van der Waals surface area contributed by atoms with E-state index in [1.807, 2.05) is 0 Å². The zero-order chi connectivity index (χ0) is 9.68. The van der Waals surface area contributed by atoms with Crippen LogP contribution in [-0.4, -0.2) is 10.8 Å². The number of carbonyl (C=O) groups is 1. The monoisotopic (exact) mass is 169 g/mol. The van der Waals surface area contributed by atoms with Crippen LogP contribution in [0.4, 0.5) is 0 Å². The minimum atomic E-state index is -0.168. The number of ketones is 1. The van der Waals surface area contributed by atoms with E-state index in [9.17, 15) is 4.79 Å². The van der Waals surface area contributed by atoms with Crippen LogP contribution in [0.1, 0.15) is 18.2 Å². The molecule has 62 valence electrons. The normalized spacial score (nSPS) is 8.00. The molecule has 0 aliphatic rings. The third-order valence-corrected chi connectivity index (χ3v) is 1.29. The van der Waals surface area contributed by atoms with Gasteiger partial charge in [-0.25, -0.2) is 4.98 Å². The zero-order valence-electron chi connectivity index (χ0n) is 7.16. The molecule has 0 aliphatic carbocycles. The van der Waals surface area contributed by atoms with Crippen LogP contribution in [0, 0.1) is 24.2 Å². The Hall–Kier alpha value is -2.06. The van der Waals surface area contributed by atoms with Gasteiger partial charge in [0.2, 0.25) is 5.78 Å². The van der Waals surface area contributed by atoms with Crippen molar-refractivity contribution in [2.45, 2.75) is 6.92 Å². The molecular weight excluding hydrogens is 162 g/mol. The number of terminal acetylenes is 1. The average Bonchev–Trinajstić information content (AvgIpc) is 2.15. The van der Waals surface area contributed by atoms with Crippen molar-refractivity contribution in [3.63, 3.8) is 0 Å². The predicted octanol–water partition coefficient (Wildman–Crippen LogP) is 1.00. The molecule has 0 radical (unpaired) electrons. The fraction of sp³-hybridized carbons (Fsp3) is 0.0909. The van der Waals surface area contributed by atoms with E-state index in [0.29, 0.717) is 11.3 Å². The van der Waals surface area contributed by atoms with Crippen LogP contribution in [0.15, 0.2) is 18.3 Å². The lowest BCUT2D eigenvalue weighted by Gasteiger charge is -1.89. The molecule has 0 aliphatic heterocycles. The van der Waals surface area contributed by atoms with Crippen LogP contribution in [-0.2, 0) is 4.79 Å². The highest BCUT2D eigenvalue weighted by Gasteiger charge is 1.90. The smallest absolute Gasteiger partial charge is 0.202 e. The number of hydrogen-bond acceptors (Lipinski definition) is 2. The second kappa shape index (κ2) is 4.09. The molecule has 1 heterocycles. The fourth-order valence-electron chi connectivity index (χ4n) is 0.747. The molecule has 1 rings (SSSR count). The Kier molecular flexibility index (Phi) is 2.84. The van der Waals surface area contributed by atoms with Gasteiger partial charge >= 0.3 is 0 Å². The minimum Gasteiger partial charge on any atom is -0.285 e. The quantitative estimate of drug-likeness (QED) is 0.542. The first kappa shape index (κ1) is 9.03.